The van der Waals surface area contributed by atoms with E-state index in [1.165, 1.54) is 24.3 Å². The van der Waals surface area contributed by atoms with Gasteiger partial charge in [0, 0.05) is 5.56 Å². The highest BCUT2D eigenvalue weighted by atomic mass is 32.2. The molecular weight excluding hydrogens is 359 g/mol. The van der Waals surface area contributed by atoms with E-state index in [9.17, 15) is 12.8 Å². The van der Waals surface area contributed by atoms with Crippen molar-refractivity contribution in [3.05, 3.63) is 102 Å². The van der Waals surface area contributed by atoms with Crippen LogP contribution in [0.2, 0.25) is 0 Å². The van der Waals surface area contributed by atoms with Crippen molar-refractivity contribution in [3.63, 3.8) is 0 Å². The lowest BCUT2D eigenvalue weighted by molar-refractivity contribution is 0.604. The molecule has 0 unspecified atom stereocenters. The highest BCUT2D eigenvalue weighted by Gasteiger charge is 2.22. The van der Waals surface area contributed by atoms with Crippen LogP contribution in [0.5, 0.6) is 0 Å². The molecule has 4 rings (SSSR count). The summed E-state index contributed by atoms with van der Waals surface area (Å²) in [6.07, 6.45) is 0. The van der Waals surface area contributed by atoms with Crippen LogP contribution in [0.1, 0.15) is 11.1 Å². The SMILES string of the molecule is C=C(c1c2ccccc2cc2ccccc12)S(=O)(=O)Cc1ccc(F)cc1. The van der Waals surface area contributed by atoms with Crippen LogP contribution in [0.25, 0.3) is 26.5 Å². The fraction of sp³-hybridized carbons (Fsp3) is 0.0435. The maximum absolute atomic E-state index is 13.1. The molecule has 0 saturated carbocycles. The van der Waals surface area contributed by atoms with Crippen LogP contribution in [0.3, 0.4) is 0 Å². The number of sulfone groups is 1. The van der Waals surface area contributed by atoms with Crippen molar-refractivity contribution in [2.45, 2.75) is 5.75 Å². The van der Waals surface area contributed by atoms with Crippen molar-refractivity contribution in [1.29, 1.82) is 0 Å². The van der Waals surface area contributed by atoms with Crippen LogP contribution >= 0.6 is 0 Å². The van der Waals surface area contributed by atoms with Crippen LogP contribution in [0, 0.1) is 5.82 Å². The summed E-state index contributed by atoms with van der Waals surface area (Å²) in [7, 11) is -3.68. The van der Waals surface area contributed by atoms with Crippen molar-refractivity contribution >= 4 is 36.3 Å². The summed E-state index contributed by atoms with van der Waals surface area (Å²) in [5, 5.41) is 3.63. The average Bonchev–Trinajstić information content (AvgIpc) is 2.67. The minimum Gasteiger partial charge on any atom is -0.223 e. The van der Waals surface area contributed by atoms with Crippen LogP contribution in [-0.4, -0.2) is 8.42 Å². The summed E-state index contributed by atoms with van der Waals surface area (Å²) >= 11 is 0. The van der Waals surface area contributed by atoms with E-state index in [4.69, 9.17) is 0 Å². The second-order valence-electron chi connectivity index (χ2n) is 6.50. The molecule has 0 aliphatic carbocycles. The van der Waals surface area contributed by atoms with E-state index in [0.717, 1.165) is 21.5 Å². The third-order valence-corrected chi connectivity index (χ3v) is 6.36. The van der Waals surface area contributed by atoms with Gasteiger partial charge in [-0.05, 0) is 45.3 Å². The summed E-state index contributed by atoms with van der Waals surface area (Å²) in [5.74, 6) is -0.612. The van der Waals surface area contributed by atoms with E-state index < -0.39 is 15.7 Å². The van der Waals surface area contributed by atoms with E-state index in [2.05, 4.69) is 6.58 Å². The number of hydrogen-bond donors (Lipinski definition) is 0. The van der Waals surface area contributed by atoms with Gasteiger partial charge in [-0.2, -0.15) is 0 Å². The van der Waals surface area contributed by atoms with Crippen LogP contribution in [0.15, 0.2) is 85.4 Å². The maximum Gasteiger partial charge on any atom is 0.182 e. The number of halogens is 1. The van der Waals surface area contributed by atoms with Crippen LogP contribution in [0.4, 0.5) is 4.39 Å². The molecule has 2 nitrogen and oxygen atoms in total. The van der Waals surface area contributed by atoms with E-state index in [0.29, 0.717) is 11.1 Å². The summed E-state index contributed by atoms with van der Waals surface area (Å²) in [5.41, 5.74) is 1.16. The average molecular weight is 376 g/mol. The maximum atomic E-state index is 13.1. The number of benzene rings is 4. The quantitative estimate of drug-likeness (QED) is 0.427. The molecule has 0 aromatic heterocycles. The van der Waals surface area contributed by atoms with Gasteiger partial charge in [0.1, 0.15) is 5.82 Å². The molecule has 0 bridgehead atoms. The molecule has 0 N–H and O–H groups in total. The Morgan fingerprint density at radius 1 is 0.815 bits per heavy atom. The molecule has 0 fully saturated rings. The smallest absolute Gasteiger partial charge is 0.182 e. The van der Waals surface area contributed by atoms with Gasteiger partial charge in [-0.25, -0.2) is 12.8 Å². The van der Waals surface area contributed by atoms with Gasteiger partial charge >= 0.3 is 0 Å². The van der Waals surface area contributed by atoms with Gasteiger partial charge in [-0.1, -0.05) is 67.2 Å². The Kier molecular flexibility index (Phi) is 4.28. The molecule has 0 spiro atoms. The van der Waals surface area contributed by atoms with Gasteiger partial charge < -0.3 is 0 Å². The molecule has 0 saturated heterocycles. The molecule has 0 radical (unpaired) electrons. The van der Waals surface area contributed by atoms with Gasteiger partial charge in [-0.3, -0.25) is 0 Å². The van der Waals surface area contributed by atoms with Gasteiger partial charge in [0.25, 0.3) is 0 Å². The van der Waals surface area contributed by atoms with Crippen molar-refractivity contribution in [1.82, 2.24) is 0 Å². The van der Waals surface area contributed by atoms with Crippen molar-refractivity contribution in [2.24, 2.45) is 0 Å². The molecule has 4 heteroatoms. The van der Waals surface area contributed by atoms with Crippen LogP contribution in [-0.2, 0) is 15.6 Å². The topological polar surface area (TPSA) is 34.1 Å². The Balaban J connectivity index is 1.89. The first kappa shape index (κ1) is 17.4. The highest BCUT2D eigenvalue weighted by molar-refractivity contribution is 7.99. The van der Waals surface area contributed by atoms with Gasteiger partial charge in [0.2, 0.25) is 0 Å². The van der Waals surface area contributed by atoms with Gasteiger partial charge in [0.05, 0.1) is 10.7 Å². The fourth-order valence-electron chi connectivity index (χ4n) is 3.36. The summed E-state index contributed by atoms with van der Waals surface area (Å²) in [6, 6.07) is 22.9. The Morgan fingerprint density at radius 2 is 1.33 bits per heavy atom. The highest BCUT2D eigenvalue weighted by Crippen LogP contribution is 2.36. The lowest BCUT2D eigenvalue weighted by Crippen LogP contribution is -2.07. The number of rotatable bonds is 4. The lowest BCUT2D eigenvalue weighted by atomic mass is 9.97. The second-order valence-corrected chi connectivity index (χ2v) is 8.51. The molecular formula is C23H17FO2S. The first-order valence-corrected chi connectivity index (χ1v) is 10.2. The van der Waals surface area contributed by atoms with E-state index in [-0.39, 0.29) is 10.7 Å². The first-order chi connectivity index (χ1) is 13.0. The predicted molar refractivity (Wildman–Crippen MR) is 110 cm³/mol. The zero-order chi connectivity index (χ0) is 19.0. The van der Waals surface area contributed by atoms with Gasteiger partial charge in [0.15, 0.2) is 9.84 Å². The van der Waals surface area contributed by atoms with Gasteiger partial charge in [-0.15, -0.1) is 0 Å². The largest absolute Gasteiger partial charge is 0.223 e. The normalized spacial score (nSPS) is 11.7. The van der Waals surface area contributed by atoms with Crippen LogP contribution < -0.4 is 0 Å². The zero-order valence-electron chi connectivity index (χ0n) is 14.5. The Labute approximate surface area is 157 Å². The molecule has 0 aliphatic heterocycles. The standard InChI is InChI=1S/C23H17FO2S/c1-16(27(25,26)15-17-10-12-20(24)13-11-17)23-21-8-4-2-6-18(21)14-19-7-3-5-9-22(19)23/h2-14H,1,15H2. The van der Waals surface area contributed by atoms with E-state index in [1.807, 2.05) is 54.6 Å². The molecule has 4 aromatic carbocycles. The molecule has 4 aromatic rings. The molecule has 0 heterocycles. The minimum absolute atomic E-state index is 0.0832. The Hall–Kier alpha value is -2.98. The van der Waals surface area contributed by atoms with Crippen molar-refractivity contribution < 1.29 is 12.8 Å². The van der Waals surface area contributed by atoms with Crippen molar-refractivity contribution in [2.75, 3.05) is 0 Å². The monoisotopic (exact) mass is 376 g/mol. The predicted octanol–water partition coefficient (Wildman–Crippen LogP) is 5.72. The Morgan fingerprint density at radius 3 is 1.89 bits per heavy atom. The molecule has 0 atom stereocenters. The second kappa shape index (κ2) is 6.63. The third kappa shape index (κ3) is 3.24. The first-order valence-electron chi connectivity index (χ1n) is 8.53. The van der Waals surface area contributed by atoms with Crippen molar-refractivity contribution in [3.8, 4) is 0 Å². The zero-order valence-corrected chi connectivity index (χ0v) is 15.3. The summed E-state index contributed by atoms with van der Waals surface area (Å²) in [6.45, 7) is 3.95. The number of fused-ring (bicyclic) bond motifs is 2. The minimum atomic E-state index is -3.68. The third-order valence-electron chi connectivity index (χ3n) is 4.70. The van der Waals surface area contributed by atoms with E-state index in [1.54, 1.807) is 0 Å². The fourth-order valence-corrected chi connectivity index (χ4v) is 4.69. The Bertz CT molecular complexity index is 1220. The summed E-state index contributed by atoms with van der Waals surface area (Å²) < 4.78 is 39.3. The van der Waals surface area contributed by atoms with E-state index >= 15 is 0 Å². The summed E-state index contributed by atoms with van der Waals surface area (Å²) in [4.78, 5) is 0.0832. The molecule has 0 aliphatic rings. The lowest BCUT2D eigenvalue weighted by Gasteiger charge is -2.14. The molecule has 27 heavy (non-hydrogen) atoms. The molecule has 0 amide bonds. The molecule has 134 valence electrons. The number of hydrogen-bond acceptors (Lipinski definition) is 2.